The Labute approximate surface area is 89.4 Å². The minimum absolute atomic E-state index is 0.0677. The van der Waals surface area contributed by atoms with Crippen molar-refractivity contribution in [3.8, 4) is 0 Å². The Balaban J connectivity index is 0. The maximum Gasteiger partial charge on any atom is 0.0792 e. The lowest BCUT2D eigenvalue weighted by Crippen LogP contribution is -2.29. The summed E-state index contributed by atoms with van der Waals surface area (Å²) in [5.74, 6) is 0. The van der Waals surface area contributed by atoms with E-state index < -0.39 is 11.5 Å². The molecule has 0 spiro atoms. The van der Waals surface area contributed by atoms with Gasteiger partial charge >= 0.3 is 0 Å². The molecule has 0 bridgehead atoms. The molecule has 0 saturated heterocycles. The van der Waals surface area contributed by atoms with Gasteiger partial charge in [0.05, 0.1) is 32.5 Å². The second-order valence-electron chi connectivity index (χ2n) is 3.63. The van der Waals surface area contributed by atoms with Gasteiger partial charge in [-0.15, -0.1) is 0 Å². The summed E-state index contributed by atoms with van der Waals surface area (Å²) < 4.78 is 0. The van der Waals surface area contributed by atoms with Crippen LogP contribution in [-0.2, 0) is 0 Å². The van der Waals surface area contributed by atoms with Crippen molar-refractivity contribution in [1.82, 2.24) is 0 Å². The van der Waals surface area contributed by atoms with E-state index in [0.29, 0.717) is 0 Å². The summed E-state index contributed by atoms with van der Waals surface area (Å²) in [5, 5.41) is 50.0. The van der Waals surface area contributed by atoms with Crippen molar-refractivity contribution < 1.29 is 30.6 Å². The minimum Gasteiger partial charge on any atom is -0.396 e. The van der Waals surface area contributed by atoms with Gasteiger partial charge in [0, 0.05) is 12.0 Å². The summed E-state index contributed by atoms with van der Waals surface area (Å²) in [7, 11) is 0. The fraction of sp³-hybridized carbons (Fsp3) is 1.00. The van der Waals surface area contributed by atoms with Crippen LogP contribution in [0.5, 0.6) is 0 Å². The molecule has 0 aromatic rings. The molecular formula is C9H22O6. The highest BCUT2D eigenvalue weighted by Crippen LogP contribution is 2.10. The Morgan fingerprint density at radius 1 is 0.933 bits per heavy atom. The Morgan fingerprint density at radius 2 is 1.33 bits per heavy atom. The van der Waals surface area contributed by atoms with Gasteiger partial charge < -0.3 is 30.6 Å². The van der Waals surface area contributed by atoms with Gasteiger partial charge in [0.1, 0.15) is 0 Å². The Kier molecular flexibility index (Phi) is 11.8. The smallest absolute Gasteiger partial charge is 0.0792 e. The van der Waals surface area contributed by atoms with Crippen LogP contribution in [0.25, 0.3) is 0 Å². The van der Waals surface area contributed by atoms with Crippen LogP contribution >= 0.6 is 0 Å². The van der Waals surface area contributed by atoms with Crippen molar-refractivity contribution in [2.24, 2.45) is 5.41 Å². The largest absolute Gasteiger partial charge is 0.396 e. The molecule has 15 heavy (non-hydrogen) atoms. The molecule has 0 amide bonds. The number of aliphatic hydroxyl groups is 6. The van der Waals surface area contributed by atoms with Gasteiger partial charge in [0.25, 0.3) is 0 Å². The third-order valence-corrected chi connectivity index (χ3v) is 1.82. The van der Waals surface area contributed by atoms with Crippen molar-refractivity contribution in [2.75, 3.05) is 33.0 Å². The molecule has 0 rings (SSSR count). The van der Waals surface area contributed by atoms with Crippen LogP contribution in [0.2, 0.25) is 0 Å². The lowest BCUT2D eigenvalue weighted by Gasteiger charge is -2.20. The highest BCUT2D eigenvalue weighted by atomic mass is 16.3. The van der Waals surface area contributed by atoms with Gasteiger partial charge in [-0.05, 0) is 6.42 Å². The molecule has 0 heterocycles. The lowest BCUT2D eigenvalue weighted by molar-refractivity contribution is 0.0200. The van der Waals surface area contributed by atoms with E-state index >= 15 is 0 Å². The molecule has 0 saturated carbocycles. The second-order valence-corrected chi connectivity index (χ2v) is 3.63. The quantitative estimate of drug-likeness (QED) is 0.303. The molecule has 1 unspecified atom stereocenters. The maximum absolute atomic E-state index is 8.47. The van der Waals surface area contributed by atoms with Gasteiger partial charge in [-0.2, -0.15) is 0 Å². The van der Waals surface area contributed by atoms with Crippen molar-refractivity contribution in [1.29, 1.82) is 0 Å². The van der Waals surface area contributed by atoms with E-state index in [2.05, 4.69) is 0 Å². The first kappa shape index (κ1) is 17.2. The fourth-order valence-electron chi connectivity index (χ4n) is 0.390. The van der Waals surface area contributed by atoms with E-state index in [4.69, 9.17) is 30.6 Å². The Bertz CT molecular complexity index is 118. The van der Waals surface area contributed by atoms with E-state index in [-0.39, 0.29) is 39.5 Å². The summed E-state index contributed by atoms with van der Waals surface area (Å²) in [6, 6.07) is 0. The van der Waals surface area contributed by atoms with Crippen molar-refractivity contribution in [3.63, 3.8) is 0 Å². The van der Waals surface area contributed by atoms with Gasteiger partial charge in [-0.3, -0.25) is 0 Å². The topological polar surface area (TPSA) is 121 Å². The molecule has 6 N–H and O–H groups in total. The van der Waals surface area contributed by atoms with Crippen LogP contribution in [0.4, 0.5) is 0 Å². The van der Waals surface area contributed by atoms with Crippen molar-refractivity contribution >= 4 is 0 Å². The van der Waals surface area contributed by atoms with Crippen LogP contribution < -0.4 is 0 Å². The van der Waals surface area contributed by atoms with Crippen molar-refractivity contribution in [3.05, 3.63) is 0 Å². The van der Waals surface area contributed by atoms with Crippen LogP contribution in [0.1, 0.15) is 13.3 Å². The normalized spacial score (nSPS) is 13.0. The van der Waals surface area contributed by atoms with Gasteiger partial charge in [0.15, 0.2) is 0 Å². The summed E-state index contributed by atoms with van der Waals surface area (Å²) in [5.41, 5.74) is -0.708. The van der Waals surface area contributed by atoms with Crippen molar-refractivity contribution in [2.45, 2.75) is 19.4 Å². The summed E-state index contributed by atoms with van der Waals surface area (Å²) in [6.07, 6.45) is -0.485. The first-order valence-corrected chi connectivity index (χ1v) is 4.72. The molecule has 1 atom stereocenters. The fourth-order valence-corrected chi connectivity index (χ4v) is 0.390. The number of rotatable bonds is 6. The van der Waals surface area contributed by atoms with Crippen LogP contribution in [0.3, 0.4) is 0 Å². The zero-order chi connectivity index (χ0) is 12.3. The summed E-state index contributed by atoms with van der Waals surface area (Å²) >= 11 is 0. The predicted molar refractivity (Wildman–Crippen MR) is 54.2 cm³/mol. The zero-order valence-electron chi connectivity index (χ0n) is 9.00. The van der Waals surface area contributed by atoms with Gasteiger partial charge in [-0.1, -0.05) is 6.92 Å². The molecule has 6 nitrogen and oxygen atoms in total. The minimum atomic E-state index is -0.745. The standard InChI is InChI=1S/C5H12O3.C4H10O3/c1-5(2-6,3-7)4-8;5-2-1-4(7)3-6/h6-8H,2-4H2,1H3;4-7H,1-3H2. The first-order valence-electron chi connectivity index (χ1n) is 4.72. The molecule has 0 aliphatic rings. The van der Waals surface area contributed by atoms with Crippen LogP contribution in [0.15, 0.2) is 0 Å². The molecule has 94 valence electrons. The van der Waals surface area contributed by atoms with Gasteiger partial charge in [0.2, 0.25) is 0 Å². The molecule has 0 radical (unpaired) electrons. The molecule has 0 aliphatic carbocycles. The molecule has 6 heteroatoms. The average molecular weight is 226 g/mol. The molecule has 0 aromatic heterocycles. The number of hydrogen-bond donors (Lipinski definition) is 6. The summed E-state index contributed by atoms with van der Waals surface area (Å²) in [6.45, 7) is 0.731. The van der Waals surface area contributed by atoms with E-state index in [9.17, 15) is 0 Å². The highest BCUT2D eigenvalue weighted by Gasteiger charge is 2.20. The highest BCUT2D eigenvalue weighted by molar-refractivity contribution is 4.69. The van der Waals surface area contributed by atoms with E-state index in [0.717, 1.165) is 0 Å². The van der Waals surface area contributed by atoms with E-state index in [1.165, 1.54) is 0 Å². The first-order chi connectivity index (χ1) is 6.99. The molecule has 0 aromatic carbocycles. The van der Waals surface area contributed by atoms with Crippen LogP contribution in [0, 0.1) is 5.41 Å². The average Bonchev–Trinajstić information content (AvgIpc) is 2.29. The second kappa shape index (κ2) is 10.3. The van der Waals surface area contributed by atoms with Crippen LogP contribution in [-0.4, -0.2) is 69.8 Å². The molecule has 0 aliphatic heterocycles. The Morgan fingerprint density at radius 3 is 1.40 bits per heavy atom. The molecule has 0 fully saturated rings. The predicted octanol–water partition coefficient (Wildman–Crippen LogP) is -2.31. The third kappa shape index (κ3) is 10.1. The zero-order valence-corrected chi connectivity index (χ0v) is 9.00. The van der Waals surface area contributed by atoms with E-state index in [1.807, 2.05) is 0 Å². The number of aliphatic hydroxyl groups excluding tert-OH is 6. The van der Waals surface area contributed by atoms with Gasteiger partial charge in [-0.25, -0.2) is 0 Å². The number of hydrogen-bond acceptors (Lipinski definition) is 6. The SMILES string of the molecule is CC(CO)(CO)CO.OCCC(O)CO. The molecular weight excluding hydrogens is 204 g/mol. The maximum atomic E-state index is 8.47. The summed E-state index contributed by atoms with van der Waals surface area (Å²) in [4.78, 5) is 0. The lowest BCUT2D eigenvalue weighted by atomic mass is 9.95. The Hall–Kier alpha value is -0.240. The van der Waals surface area contributed by atoms with E-state index in [1.54, 1.807) is 6.92 Å². The monoisotopic (exact) mass is 226 g/mol. The third-order valence-electron chi connectivity index (χ3n) is 1.82.